The van der Waals surface area contributed by atoms with Crippen LogP contribution in [-0.4, -0.2) is 60.1 Å². The number of carbonyl (C=O) groups is 1. The van der Waals surface area contributed by atoms with Crippen molar-refractivity contribution in [2.75, 3.05) is 27.2 Å². The molecule has 0 bridgehead atoms. The zero-order valence-corrected chi connectivity index (χ0v) is 10.6. The Morgan fingerprint density at radius 1 is 1.38 bits per heavy atom. The van der Waals surface area contributed by atoms with Gasteiger partial charge in [0, 0.05) is 26.2 Å². The first-order valence-corrected chi connectivity index (χ1v) is 6.16. The van der Waals surface area contributed by atoms with Gasteiger partial charge in [0.05, 0.1) is 12.5 Å². The minimum atomic E-state index is -0.490. The fourth-order valence-electron chi connectivity index (χ4n) is 1.63. The fraction of sp³-hybridized carbons (Fsp3) is 0.917. The van der Waals surface area contributed by atoms with Gasteiger partial charge in [0.1, 0.15) is 0 Å². The summed E-state index contributed by atoms with van der Waals surface area (Å²) in [5.74, 6) is 0.0403. The van der Waals surface area contributed by atoms with Crippen molar-refractivity contribution in [3.8, 4) is 0 Å². The van der Waals surface area contributed by atoms with Gasteiger partial charge >= 0.3 is 0 Å². The van der Waals surface area contributed by atoms with Gasteiger partial charge in [-0.2, -0.15) is 0 Å². The Labute approximate surface area is 98.2 Å². The molecule has 0 heterocycles. The highest BCUT2D eigenvalue weighted by molar-refractivity contribution is 5.76. The number of aliphatic hydroxyl groups excluding tert-OH is 1. The topological polar surface area (TPSA) is 43.8 Å². The summed E-state index contributed by atoms with van der Waals surface area (Å²) in [6.07, 6.45) is 2.99. The number of amides is 1. The van der Waals surface area contributed by atoms with Crippen LogP contribution in [0.4, 0.5) is 0 Å². The number of carbonyl (C=O) groups excluding carboxylic acids is 1. The van der Waals surface area contributed by atoms with Gasteiger partial charge in [-0.15, -0.1) is 0 Å². The van der Waals surface area contributed by atoms with Crippen LogP contribution in [0.25, 0.3) is 0 Å². The summed E-state index contributed by atoms with van der Waals surface area (Å²) in [6.45, 7) is 3.57. The van der Waals surface area contributed by atoms with E-state index >= 15 is 0 Å². The van der Waals surface area contributed by atoms with Gasteiger partial charge in [0.25, 0.3) is 0 Å². The molecule has 1 N–H and O–H groups in total. The third-order valence-corrected chi connectivity index (χ3v) is 3.27. The van der Waals surface area contributed by atoms with Gasteiger partial charge in [-0.05, 0) is 26.3 Å². The highest BCUT2D eigenvalue weighted by atomic mass is 16.3. The van der Waals surface area contributed by atoms with Crippen molar-refractivity contribution in [3.05, 3.63) is 0 Å². The third-order valence-electron chi connectivity index (χ3n) is 3.27. The molecule has 1 aliphatic carbocycles. The second kappa shape index (κ2) is 6.21. The van der Waals surface area contributed by atoms with Crippen LogP contribution in [0.2, 0.25) is 0 Å². The zero-order valence-electron chi connectivity index (χ0n) is 10.6. The van der Waals surface area contributed by atoms with Crippen LogP contribution >= 0.6 is 0 Å². The molecule has 0 spiro atoms. The predicted octanol–water partition coefficient (Wildman–Crippen LogP) is 0.700. The quantitative estimate of drug-likeness (QED) is 0.697. The molecule has 1 amide bonds. The molecule has 0 aromatic carbocycles. The second-order valence-corrected chi connectivity index (χ2v) is 4.79. The highest BCUT2D eigenvalue weighted by Crippen LogP contribution is 2.24. The molecule has 4 heteroatoms. The molecule has 0 saturated heterocycles. The van der Waals surface area contributed by atoms with E-state index in [4.69, 9.17) is 0 Å². The van der Waals surface area contributed by atoms with Crippen molar-refractivity contribution in [2.45, 2.75) is 44.8 Å². The van der Waals surface area contributed by atoms with E-state index in [0.29, 0.717) is 6.42 Å². The van der Waals surface area contributed by atoms with Crippen molar-refractivity contribution >= 4 is 5.91 Å². The summed E-state index contributed by atoms with van der Waals surface area (Å²) in [5.41, 5.74) is 0. The smallest absolute Gasteiger partial charge is 0.224 e. The highest BCUT2D eigenvalue weighted by Gasteiger charge is 2.26. The van der Waals surface area contributed by atoms with E-state index in [0.717, 1.165) is 19.1 Å². The number of nitrogens with zero attached hydrogens (tertiary/aromatic N) is 2. The van der Waals surface area contributed by atoms with Crippen LogP contribution in [-0.2, 0) is 4.79 Å². The summed E-state index contributed by atoms with van der Waals surface area (Å²) >= 11 is 0. The molecule has 1 aliphatic rings. The van der Waals surface area contributed by atoms with Crippen molar-refractivity contribution in [2.24, 2.45) is 0 Å². The molecule has 4 nitrogen and oxygen atoms in total. The Bertz CT molecular complexity index is 229. The second-order valence-electron chi connectivity index (χ2n) is 4.79. The molecule has 1 atom stereocenters. The molecule has 1 saturated carbocycles. The number of rotatable bonds is 7. The predicted molar refractivity (Wildman–Crippen MR) is 64.2 cm³/mol. The van der Waals surface area contributed by atoms with Gasteiger partial charge in [-0.1, -0.05) is 6.92 Å². The summed E-state index contributed by atoms with van der Waals surface area (Å²) in [7, 11) is 3.92. The van der Waals surface area contributed by atoms with Gasteiger partial charge < -0.3 is 14.9 Å². The van der Waals surface area contributed by atoms with E-state index in [9.17, 15) is 9.90 Å². The number of aliphatic hydroxyl groups is 1. The van der Waals surface area contributed by atoms with E-state index in [2.05, 4.69) is 11.9 Å². The Hall–Kier alpha value is -0.610. The van der Waals surface area contributed by atoms with Gasteiger partial charge in [-0.25, -0.2) is 0 Å². The van der Waals surface area contributed by atoms with Crippen LogP contribution in [0, 0.1) is 0 Å². The Morgan fingerprint density at radius 3 is 2.50 bits per heavy atom. The van der Waals surface area contributed by atoms with E-state index in [1.54, 1.807) is 4.90 Å². The largest absolute Gasteiger partial charge is 0.393 e. The first-order valence-electron chi connectivity index (χ1n) is 6.16. The van der Waals surface area contributed by atoms with Crippen LogP contribution in [0.5, 0.6) is 0 Å². The minimum absolute atomic E-state index is 0.0403. The van der Waals surface area contributed by atoms with E-state index in [1.807, 2.05) is 14.0 Å². The number of hydrogen-bond acceptors (Lipinski definition) is 3. The molecule has 1 rings (SSSR count). The average molecular weight is 228 g/mol. The average Bonchev–Trinajstić information content (AvgIpc) is 3.08. The summed E-state index contributed by atoms with van der Waals surface area (Å²) in [5, 5.41) is 9.39. The standard InChI is InChI=1S/C12H24N2O2/c1-4-11(15)9-12(16)14(3)8-7-13(2)10-5-6-10/h10-11,15H,4-9H2,1-3H3/t11-/m0/s1. The summed E-state index contributed by atoms with van der Waals surface area (Å²) in [6, 6.07) is 0.740. The first-order chi connectivity index (χ1) is 7.54. The molecule has 0 aliphatic heterocycles. The first kappa shape index (κ1) is 13.5. The summed E-state index contributed by atoms with van der Waals surface area (Å²) < 4.78 is 0. The van der Waals surface area contributed by atoms with Crippen LogP contribution in [0.15, 0.2) is 0 Å². The minimum Gasteiger partial charge on any atom is -0.393 e. The van der Waals surface area contributed by atoms with Crippen LogP contribution < -0.4 is 0 Å². The fourth-order valence-corrected chi connectivity index (χ4v) is 1.63. The lowest BCUT2D eigenvalue weighted by atomic mass is 10.2. The van der Waals surface area contributed by atoms with Crippen molar-refractivity contribution in [1.82, 2.24) is 9.80 Å². The Morgan fingerprint density at radius 2 is 2.00 bits per heavy atom. The molecule has 16 heavy (non-hydrogen) atoms. The molecular weight excluding hydrogens is 204 g/mol. The van der Waals surface area contributed by atoms with Gasteiger partial charge in [0.15, 0.2) is 0 Å². The van der Waals surface area contributed by atoms with Gasteiger partial charge in [-0.3, -0.25) is 4.79 Å². The van der Waals surface area contributed by atoms with Crippen molar-refractivity contribution < 1.29 is 9.90 Å². The normalized spacial score (nSPS) is 17.6. The number of likely N-dealkylation sites (N-methyl/N-ethyl adjacent to an activating group) is 2. The van der Waals surface area contributed by atoms with Crippen LogP contribution in [0.1, 0.15) is 32.6 Å². The Balaban J connectivity index is 2.17. The van der Waals surface area contributed by atoms with Crippen LogP contribution in [0.3, 0.4) is 0 Å². The molecule has 0 unspecified atom stereocenters. The SMILES string of the molecule is CC[C@H](O)CC(=O)N(C)CCN(C)C1CC1. The lowest BCUT2D eigenvalue weighted by Gasteiger charge is -2.22. The van der Waals surface area contributed by atoms with Gasteiger partial charge in [0.2, 0.25) is 5.91 Å². The molecular formula is C12H24N2O2. The maximum atomic E-state index is 11.7. The van der Waals surface area contributed by atoms with E-state index in [-0.39, 0.29) is 12.3 Å². The van der Waals surface area contributed by atoms with E-state index in [1.165, 1.54) is 12.8 Å². The zero-order chi connectivity index (χ0) is 12.1. The molecule has 0 aromatic heterocycles. The maximum absolute atomic E-state index is 11.7. The Kier molecular flexibility index (Phi) is 5.22. The maximum Gasteiger partial charge on any atom is 0.224 e. The lowest BCUT2D eigenvalue weighted by Crippen LogP contribution is -2.36. The molecule has 0 radical (unpaired) electrons. The molecule has 94 valence electrons. The third kappa shape index (κ3) is 4.49. The summed E-state index contributed by atoms with van der Waals surface area (Å²) in [4.78, 5) is 15.7. The van der Waals surface area contributed by atoms with E-state index < -0.39 is 6.10 Å². The molecule has 0 aromatic rings. The van der Waals surface area contributed by atoms with Crippen molar-refractivity contribution in [3.63, 3.8) is 0 Å². The monoisotopic (exact) mass is 228 g/mol. The van der Waals surface area contributed by atoms with Crippen molar-refractivity contribution in [1.29, 1.82) is 0 Å². The number of hydrogen-bond donors (Lipinski definition) is 1. The molecule has 1 fully saturated rings. The lowest BCUT2D eigenvalue weighted by molar-refractivity contribution is -0.132.